The number of aliphatic hydroxyl groups excluding tert-OH is 1. The fourth-order valence-corrected chi connectivity index (χ4v) is 4.23. The minimum Gasteiger partial charge on any atom is -0.395 e. The van der Waals surface area contributed by atoms with Crippen molar-refractivity contribution < 1.29 is 14.6 Å². The van der Waals surface area contributed by atoms with Gasteiger partial charge in [0.25, 0.3) is 11.5 Å². The zero-order valence-electron chi connectivity index (χ0n) is 16.2. The van der Waals surface area contributed by atoms with Gasteiger partial charge in [0, 0.05) is 33.0 Å². The van der Waals surface area contributed by atoms with Gasteiger partial charge >= 0.3 is 0 Å². The molecule has 8 nitrogen and oxygen atoms in total. The molecule has 154 valence electrons. The largest absolute Gasteiger partial charge is 0.395 e. The molecule has 0 aliphatic carbocycles. The summed E-state index contributed by atoms with van der Waals surface area (Å²) in [5.74, 6) is 0.0842. The van der Waals surface area contributed by atoms with Gasteiger partial charge in [-0.2, -0.15) is 0 Å². The second-order valence-corrected chi connectivity index (χ2v) is 8.07. The van der Waals surface area contributed by atoms with Gasteiger partial charge in [0.2, 0.25) is 0 Å². The van der Waals surface area contributed by atoms with Crippen LogP contribution in [0.2, 0.25) is 0 Å². The zero-order valence-corrected chi connectivity index (χ0v) is 17.8. The van der Waals surface area contributed by atoms with Crippen LogP contribution in [0.5, 0.6) is 0 Å². The number of nitrogens with one attached hydrogen (secondary N) is 1. The minimum atomic E-state index is -0.302. The van der Waals surface area contributed by atoms with Gasteiger partial charge in [0.05, 0.1) is 17.1 Å². The molecule has 3 heterocycles. The second kappa shape index (κ2) is 9.49. The lowest BCUT2D eigenvalue weighted by molar-refractivity contribution is -0.122. The molecule has 0 radical (unpaired) electrons. The summed E-state index contributed by atoms with van der Waals surface area (Å²) >= 11 is 6.49. The molecular weight excluding hydrogens is 412 g/mol. The molecule has 1 aliphatic rings. The standard InChI is InChI=1S/C19H22N4O4S2/c1-12-5-3-7-22-16(12)21-15(20-6-9-24)13(17(22)25)11-14-18(26)23(19(28)29-14)8-4-10-27-2/h3,5,7,11,20,24H,4,6,8-10H2,1-2H3. The Morgan fingerprint density at radius 1 is 1.41 bits per heavy atom. The number of hydrogen-bond acceptors (Lipinski definition) is 8. The van der Waals surface area contributed by atoms with E-state index in [-0.39, 0.29) is 30.2 Å². The van der Waals surface area contributed by atoms with Gasteiger partial charge in [0.15, 0.2) is 0 Å². The first-order chi connectivity index (χ1) is 14.0. The van der Waals surface area contributed by atoms with Gasteiger partial charge in [-0.15, -0.1) is 0 Å². The molecule has 2 aromatic rings. The number of thioether (sulfide) groups is 1. The molecule has 0 aromatic carbocycles. The fraction of sp³-hybridized carbons (Fsp3) is 0.368. The lowest BCUT2D eigenvalue weighted by Crippen LogP contribution is -2.29. The summed E-state index contributed by atoms with van der Waals surface area (Å²) < 4.78 is 6.93. The van der Waals surface area contributed by atoms with Crippen molar-refractivity contribution >= 4 is 51.7 Å². The van der Waals surface area contributed by atoms with Crippen LogP contribution in [0.3, 0.4) is 0 Å². The molecule has 1 saturated heterocycles. The van der Waals surface area contributed by atoms with E-state index < -0.39 is 0 Å². The van der Waals surface area contributed by atoms with Crippen LogP contribution in [0.4, 0.5) is 5.82 Å². The first-order valence-corrected chi connectivity index (χ1v) is 10.3. The molecule has 10 heteroatoms. The van der Waals surface area contributed by atoms with Gasteiger partial charge in [-0.1, -0.05) is 30.0 Å². The van der Waals surface area contributed by atoms with Crippen LogP contribution in [-0.2, 0) is 9.53 Å². The van der Waals surface area contributed by atoms with Crippen LogP contribution in [0.1, 0.15) is 17.5 Å². The predicted molar refractivity (Wildman–Crippen MR) is 118 cm³/mol. The average molecular weight is 435 g/mol. The average Bonchev–Trinajstić information content (AvgIpc) is 2.97. The van der Waals surface area contributed by atoms with Crippen molar-refractivity contribution in [1.82, 2.24) is 14.3 Å². The highest BCUT2D eigenvalue weighted by Gasteiger charge is 2.32. The third-order valence-electron chi connectivity index (χ3n) is 4.37. The number of carbonyl (C=O) groups excluding carboxylic acids is 1. The number of hydrogen-bond donors (Lipinski definition) is 2. The summed E-state index contributed by atoms with van der Waals surface area (Å²) in [6, 6.07) is 3.63. The smallest absolute Gasteiger partial charge is 0.267 e. The lowest BCUT2D eigenvalue weighted by Gasteiger charge is -2.13. The Balaban J connectivity index is 2.04. The number of methoxy groups -OCH3 is 1. The van der Waals surface area contributed by atoms with Crippen molar-refractivity contribution in [3.05, 3.63) is 44.7 Å². The quantitative estimate of drug-likeness (QED) is 0.368. The van der Waals surface area contributed by atoms with Crippen LogP contribution in [0.15, 0.2) is 28.0 Å². The molecule has 0 saturated carbocycles. The molecule has 1 amide bonds. The number of fused-ring (bicyclic) bond motifs is 1. The van der Waals surface area contributed by atoms with Crippen molar-refractivity contribution in [2.45, 2.75) is 13.3 Å². The minimum absolute atomic E-state index is 0.115. The van der Waals surface area contributed by atoms with Gasteiger partial charge in [-0.05, 0) is 31.1 Å². The summed E-state index contributed by atoms with van der Waals surface area (Å²) in [5, 5.41) is 12.1. The topological polar surface area (TPSA) is 96.2 Å². The van der Waals surface area contributed by atoms with Gasteiger partial charge in [-0.25, -0.2) is 4.98 Å². The van der Waals surface area contributed by atoms with E-state index in [1.54, 1.807) is 19.4 Å². The van der Waals surface area contributed by atoms with Gasteiger partial charge < -0.3 is 15.2 Å². The van der Waals surface area contributed by atoms with Crippen molar-refractivity contribution in [1.29, 1.82) is 0 Å². The Morgan fingerprint density at radius 3 is 2.93 bits per heavy atom. The predicted octanol–water partition coefficient (Wildman–Crippen LogP) is 1.64. The Kier molecular flexibility index (Phi) is 7.01. The summed E-state index contributed by atoms with van der Waals surface area (Å²) in [4.78, 5) is 32.3. The number of carbonyl (C=O) groups is 1. The van der Waals surface area contributed by atoms with E-state index in [1.807, 2.05) is 13.0 Å². The first-order valence-electron chi connectivity index (χ1n) is 9.09. The maximum absolute atomic E-state index is 13.1. The summed E-state index contributed by atoms with van der Waals surface area (Å²) in [6.07, 6.45) is 3.83. The highest BCUT2D eigenvalue weighted by Crippen LogP contribution is 2.33. The van der Waals surface area contributed by atoms with Crippen LogP contribution in [-0.4, -0.2) is 63.0 Å². The van der Waals surface area contributed by atoms with Gasteiger partial charge in [0.1, 0.15) is 15.8 Å². The molecule has 0 spiro atoms. The molecule has 0 unspecified atom stereocenters. The number of ether oxygens (including phenoxy) is 1. The molecule has 2 N–H and O–H groups in total. The normalized spacial score (nSPS) is 15.7. The third-order valence-corrected chi connectivity index (χ3v) is 5.75. The number of thiocarbonyl (C=S) groups is 1. The zero-order chi connectivity index (χ0) is 21.0. The maximum Gasteiger partial charge on any atom is 0.267 e. The Hall–Kier alpha value is -2.27. The summed E-state index contributed by atoms with van der Waals surface area (Å²) in [6.45, 7) is 2.96. The number of aryl methyl sites for hydroxylation is 1. The van der Waals surface area contributed by atoms with Crippen molar-refractivity contribution in [3.8, 4) is 0 Å². The highest BCUT2D eigenvalue weighted by molar-refractivity contribution is 8.26. The number of amides is 1. The van der Waals surface area contributed by atoms with Crippen molar-refractivity contribution in [2.24, 2.45) is 0 Å². The number of pyridine rings is 1. The Labute approximate surface area is 177 Å². The van der Waals surface area contributed by atoms with Crippen LogP contribution in [0, 0.1) is 6.92 Å². The molecule has 0 atom stereocenters. The summed E-state index contributed by atoms with van der Waals surface area (Å²) in [7, 11) is 1.60. The monoisotopic (exact) mass is 434 g/mol. The molecule has 3 rings (SSSR count). The van der Waals surface area contributed by atoms with E-state index in [9.17, 15) is 14.7 Å². The highest BCUT2D eigenvalue weighted by atomic mass is 32.2. The number of aromatic nitrogens is 2. The first kappa shape index (κ1) is 21.4. The second-order valence-electron chi connectivity index (χ2n) is 6.39. The number of aliphatic hydroxyl groups is 1. The third kappa shape index (κ3) is 4.50. The van der Waals surface area contributed by atoms with E-state index in [4.69, 9.17) is 17.0 Å². The van der Waals surface area contributed by atoms with E-state index >= 15 is 0 Å². The Morgan fingerprint density at radius 2 is 2.21 bits per heavy atom. The van der Waals surface area contributed by atoms with E-state index in [2.05, 4.69) is 10.3 Å². The Bertz CT molecular complexity index is 1030. The van der Waals surface area contributed by atoms with Crippen LogP contribution < -0.4 is 10.9 Å². The number of rotatable bonds is 8. The molecule has 0 bridgehead atoms. The summed E-state index contributed by atoms with van der Waals surface area (Å²) in [5.41, 5.74) is 1.30. The lowest BCUT2D eigenvalue weighted by atomic mass is 10.2. The van der Waals surface area contributed by atoms with E-state index in [1.165, 1.54) is 15.4 Å². The van der Waals surface area contributed by atoms with E-state index in [0.29, 0.717) is 40.3 Å². The molecule has 29 heavy (non-hydrogen) atoms. The SMILES string of the molecule is COCCCN1C(=O)C(=Cc2c(NCCO)nc3c(C)cccn3c2=O)SC1=S. The van der Waals surface area contributed by atoms with Crippen LogP contribution in [0.25, 0.3) is 11.7 Å². The van der Waals surface area contributed by atoms with Crippen molar-refractivity contribution in [2.75, 3.05) is 38.7 Å². The maximum atomic E-state index is 13.1. The van der Waals surface area contributed by atoms with E-state index in [0.717, 1.165) is 17.3 Å². The van der Waals surface area contributed by atoms with Crippen molar-refractivity contribution in [3.63, 3.8) is 0 Å². The van der Waals surface area contributed by atoms with Gasteiger partial charge in [-0.3, -0.25) is 18.9 Å². The molecule has 2 aromatic heterocycles. The number of anilines is 1. The van der Waals surface area contributed by atoms with Crippen LogP contribution >= 0.6 is 24.0 Å². The molecule has 1 aliphatic heterocycles. The fourth-order valence-electron chi connectivity index (χ4n) is 2.94. The molecular formula is C19H22N4O4S2. The number of nitrogens with zero attached hydrogens (tertiary/aromatic N) is 3. The molecule has 1 fully saturated rings.